The van der Waals surface area contributed by atoms with Crippen molar-refractivity contribution in [2.75, 3.05) is 19.8 Å². The molecular formula is C15H29NO4. The molecule has 5 nitrogen and oxygen atoms in total. The maximum Gasteiger partial charge on any atom is 0.410 e. The predicted molar refractivity (Wildman–Crippen MR) is 78.5 cm³/mol. The van der Waals surface area contributed by atoms with Gasteiger partial charge in [-0.25, -0.2) is 4.79 Å². The van der Waals surface area contributed by atoms with Crippen molar-refractivity contribution >= 4 is 12.1 Å². The Morgan fingerprint density at radius 2 is 1.75 bits per heavy atom. The fourth-order valence-corrected chi connectivity index (χ4v) is 1.71. The average Bonchev–Trinajstić information content (AvgIpc) is 2.36. The van der Waals surface area contributed by atoms with E-state index in [1.54, 1.807) is 11.8 Å². The summed E-state index contributed by atoms with van der Waals surface area (Å²) >= 11 is 0. The van der Waals surface area contributed by atoms with E-state index in [4.69, 9.17) is 9.47 Å². The second-order valence-electron chi connectivity index (χ2n) is 5.38. The second-order valence-corrected chi connectivity index (χ2v) is 5.38. The number of rotatable bonds is 9. The molecule has 0 heterocycles. The van der Waals surface area contributed by atoms with E-state index in [2.05, 4.69) is 6.92 Å². The van der Waals surface area contributed by atoms with E-state index in [9.17, 15) is 9.59 Å². The van der Waals surface area contributed by atoms with Crippen molar-refractivity contribution in [3.63, 3.8) is 0 Å². The first-order valence-corrected chi connectivity index (χ1v) is 7.51. The molecule has 0 rings (SSSR count). The highest BCUT2D eigenvalue weighted by Gasteiger charge is 2.23. The third kappa shape index (κ3) is 8.02. The first kappa shape index (κ1) is 18.7. The summed E-state index contributed by atoms with van der Waals surface area (Å²) in [5.41, 5.74) is 0. The number of amides is 1. The van der Waals surface area contributed by atoms with Crippen LogP contribution in [-0.4, -0.2) is 42.8 Å². The second kappa shape index (κ2) is 10.5. The molecular weight excluding hydrogens is 258 g/mol. The van der Waals surface area contributed by atoms with Crippen molar-refractivity contribution in [1.82, 2.24) is 4.90 Å². The lowest BCUT2D eigenvalue weighted by atomic mass is 10.2. The Morgan fingerprint density at radius 3 is 2.25 bits per heavy atom. The first-order valence-electron chi connectivity index (χ1n) is 7.51. The maximum atomic E-state index is 12.1. The molecule has 0 radical (unpaired) electrons. The molecule has 0 N–H and O–H groups in total. The van der Waals surface area contributed by atoms with Gasteiger partial charge < -0.3 is 14.4 Å². The normalized spacial score (nSPS) is 12.1. The maximum absolute atomic E-state index is 12.1. The van der Waals surface area contributed by atoms with Crippen LogP contribution in [0.15, 0.2) is 0 Å². The van der Waals surface area contributed by atoms with Gasteiger partial charge in [-0.1, -0.05) is 27.2 Å². The van der Waals surface area contributed by atoms with Gasteiger partial charge in [-0.3, -0.25) is 4.79 Å². The molecule has 1 atom stereocenters. The molecule has 0 saturated carbocycles. The van der Waals surface area contributed by atoms with Gasteiger partial charge in [-0.05, 0) is 26.2 Å². The minimum Gasteiger partial charge on any atom is -0.466 e. The molecule has 5 heteroatoms. The van der Waals surface area contributed by atoms with Gasteiger partial charge in [0.05, 0.1) is 19.6 Å². The van der Waals surface area contributed by atoms with Crippen molar-refractivity contribution in [2.45, 2.75) is 59.9 Å². The molecule has 0 aliphatic heterocycles. The molecule has 0 aromatic rings. The van der Waals surface area contributed by atoms with Crippen molar-refractivity contribution < 1.29 is 19.1 Å². The van der Waals surface area contributed by atoms with Crippen LogP contribution in [0.4, 0.5) is 4.79 Å². The van der Waals surface area contributed by atoms with Crippen LogP contribution in [0.2, 0.25) is 0 Å². The highest BCUT2D eigenvalue weighted by atomic mass is 16.6. The van der Waals surface area contributed by atoms with Gasteiger partial charge in [-0.15, -0.1) is 0 Å². The number of esters is 1. The van der Waals surface area contributed by atoms with Crippen molar-refractivity contribution in [1.29, 1.82) is 0 Å². The smallest absolute Gasteiger partial charge is 0.410 e. The van der Waals surface area contributed by atoms with E-state index in [-0.39, 0.29) is 24.5 Å². The Bertz CT molecular complexity index is 292. The van der Waals surface area contributed by atoms with E-state index < -0.39 is 0 Å². The summed E-state index contributed by atoms with van der Waals surface area (Å²) in [7, 11) is 0. The standard InChI is InChI=1S/C15H29NO4/c1-6-8-9-16(15(18)20-11-12(3)4)13(5)10-14(17)19-7-2/h12-13H,6-11H2,1-5H3. The molecule has 1 amide bonds. The van der Waals surface area contributed by atoms with Crippen LogP contribution in [0.5, 0.6) is 0 Å². The topological polar surface area (TPSA) is 55.8 Å². The van der Waals surface area contributed by atoms with Crippen LogP contribution in [-0.2, 0) is 14.3 Å². The summed E-state index contributed by atoms with van der Waals surface area (Å²) in [5, 5.41) is 0. The Balaban J connectivity index is 4.51. The van der Waals surface area contributed by atoms with E-state index in [0.29, 0.717) is 25.7 Å². The quantitative estimate of drug-likeness (QED) is 0.611. The third-order valence-electron chi connectivity index (χ3n) is 2.83. The molecule has 0 spiro atoms. The first-order chi connectivity index (χ1) is 9.42. The average molecular weight is 287 g/mol. The molecule has 0 aliphatic carbocycles. The zero-order valence-electron chi connectivity index (χ0n) is 13.5. The Labute approximate surface area is 122 Å². The van der Waals surface area contributed by atoms with Crippen LogP contribution >= 0.6 is 0 Å². The van der Waals surface area contributed by atoms with Gasteiger partial charge in [0.25, 0.3) is 0 Å². The predicted octanol–water partition coefficient (Wildman–Crippen LogP) is 3.22. The van der Waals surface area contributed by atoms with Gasteiger partial charge in [0.15, 0.2) is 0 Å². The van der Waals surface area contributed by atoms with E-state index in [1.807, 2.05) is 20.8 Å². The van der Waals surface area contributed by atoms with Crippen molar-refractivity contribution in [3.8, 4) is 0 Å². The van der Waals surface area contributed by atoms with E-state index >= 15 is 0 Å². The Morgan fingerprint density at radius 1 is 1.10 bits per heavy atom. The van der Waals surface area contributed by atoms with Crippen molar-refractivity contribution in [3.05, 3.63) is 0 Å². The Kier molecular flexibility index (Phi) is 9.86. The number of carbonyl (C=O) groups excluding carboxylic acids is 2. The number of ether oxygens (including phenoxy) is 2. The lowest BCUT2D eigenvalue weighted by molar-refractivity contribution is -0.144. The van der Waals surface area contributed by atoms with Gasteiger partial charge >= 0.3 is 12.1 Å². The lowest BCUT2D eigenvalue weighted by Gasteiger charge is -2.28. The number of hydrogen-bond donors (Lipinski definition) is 0. The Hall–Kier alpha value is -1.26. The summed E-state index contributed by atoms with van der Waals surface area (Å²) in [4.78, 5) is 25.2. The van der Waals surface area contributed by atoms with Crippen molar-refractivity contribution in [2.24, 2.45) is 5.92 Å². The molecule has 0 fully saturated rings. The minimum absolute atomic E-state index is 0.203. The largest absolute Gasteiger partial charge is 0.466 e. The van der Waals surface area contributed by atoms with Crippen LogP contribution in [0, 0.1) is 5.92 Å². The fraction of sp³-hybridized carbons (Fsp3) is 0.867. The zero-order valence-corrected chi connectivity index (χ0v) is 13.5. The molecule has 0 aliphatic rings. The summed E-state index contributed by atoms with van der Waals surface area (Å²) in [6.45, 7) is 11.0. The minimum atomic E-state index is -0.344. The highest BCUT2D eigenvalue weighted by molar-refractivity contribution is 5.72. The molecule has 0 bridgehead atoms. The molecule has 0 saturated heterocycles. The fourth-order valence-electron chi connectivity index (χ4n) is 1.71. The molecule has 0 aromatic carbocycles. The summed E-state index contributed by atoms with van der Waals surface area (Å²) in [6.07, 6.45) is 1.74. The lowest BCUT2D eigenvalue weighted by Crippen LogP contribution is -2.41. The van der Waals surface area contributed by atoms with Gasteiger partial charge in [0.1, 0.15) is 0 Å². The number of unbranched alkanes of at least 4 members (excludes halogenated alkanes) is 1. The third-order valence-corrected chi connectivity index (χ3v) is 2.83. The summed E-state index contributed by atoms with van der Waals surface area (Å²) < 4.78 is 10.2. The van der Waals surface area contributed by atoms with Gasteiger partial charge in [0, 0.05) is 12.6 Å². The van der Waals surface area contributed by atoms with Gasteiger partial charge in [-0.2, -0.15) is 0 Å². The van der Waals surface area contributed by atoms with Crippen LogP contribution in [0.3, 0.4) is 0 Å². The van der Waals surface area contributed by atoms with E-state index in [1.165, 1.54) is 0 Å². The van der Waals surface area contributed by atoms with Crippen LogP contribution < -0.4 is 0 Å². The SMILES string of the molecule is CCCCN(C(=O)OCC(C)C)C(C)CC(=O)OCC. The molecule has 0 aromatic heterocycles. The van der Waals surface area contributed by atoms with Gasteiger partial charge in [0.2, 0.25) is 0 Å². The highest BCUT2D eigenvalue weighted by Crippen LogP contribution is 2.10. The number of carbonyl (C=O) groups is 2. The monoisotopic (exact) mass is 287 g/mol. The number of hydrogen-bond acceptors (Lipinski definition) is 4. The molecule has 20 heavy (non-hydrogen) atoms. The summed E-state index contributed by atoms with van der Waals surface area (Å²) in [6, 6.07) is -0.208. The van der Waals surface area contributed by atoms with E-state index in [0.717, 1.165) is 12.8 Å². The van der Waals surface area contributed by atoms with Crippen LogP contribution in [0.25, 0.3) is 0 Å². The molecule has 118 valence electrons. The van der Waals surface area contributed by atoms with Crippen LogP contribution in [0.1, 0.15) is 53.9 Å². The molecule has 1 unspecified atom stereocenters. The zero-order chi connectivity index (χ0) is 15.5. The number of nitrogens with zero attached hydrogens (tertiary/aromatic N) is 1. The summed E-state index contributed by atoms with van der Waals surface area (Å²) in [5.74, 6) is 0.0190.